The Bertz CT molecular complexity index is 753. The van der Waals surface area contributed by atoms with E-state index in [9.17, 15) is 9.59 Å². The molecule has 1 atom stereocenters. The molecule has 3 rings (SSSR count). The number of benzene rings is 1. The Morgan fingerprint density at radius 3 is 2.76 bits per heavy atom. The van der Waals surface area contributed by atoms with Crippen molar-refractivity contribution in [2.45, 2.75) is 32.4 Å². The molecule has 25 heavy (non-hydrogen) atoms. The minimum absolute atomic E-state index is 0.0502. The molecule has 0 radical (unpaired) electrons. The van der Waals surface area contributed by atoms with Crippen molar-refractivity contribution in [3.05, 3.63) is 63.9 Å². The van der Waals surface area contributed by atoms with Crippen LogP contribution in [-0.4, -0.2) is 29.3 Å². The molecule has 1 saturated heterocycles. The molecule has 0 saturated carbocycles. The van der Waals surface area contributed by atoms with Gasteiger partial charge >= 0.3 is 0 Å². The van der Waals surface area contributed by atoms with Gasteiger partial charge in [-0.25, -0.2) is 0 Å². The number of likely N-dealkylation sites (tertiary alicyclic amines) is 1. The molecule has 1 aromatic heterocycles. The SMILES string of the molecule is C/C(=C\c1cccs1)C(=O)N1CCC[C@H]1C(=O)NCc1ccccc1. The summed E-state index contributed by atoms with van der Waals surface area (Å²) in [4.78, 5) is 28.1. The van der Waals surface area contributed by atoms with E-state index in [1.807, 2.05) is 60.8 Å². The normalized spacial score (nSPS) is 17.6. The van der Waals surface area contributed by atoms with Crippen LogP contribution in [0.2, 0.25) is 0 Å². The summed E-state index contributed by atoms with van der Waals surface area (Å²) in [5.74, 6) is -0.121. The zero-order valence-corrected chi connectivity index (χ0v) is 15.1. The average molecular weight is 354 g/mol. The highest BCUT2D eigenvalue weighted by atomic mass is 32.1. The lowest BCUT2D eigenvalue weighted by molar-refractivity contribution is -0.135. The van der Waals surface area contributed by atoms with E-state index in [1.165, 1.54) is 0 Å². The molecular formula is C20H22N2O2S. The van der Waals surface area contributed by atoms with Gasteiger partial charge in [-0.05, 0) is 42.9 Å². The maximum Gasteiger partial charge on any atom is 0.250 e. The summed E-state index contributed by atoms with van der Waals surface area (Å²) in [6, 6.07) is 13.4. The Kier molecular flexibility index (Phi) is 5.66. The van der Waals surface area contributed by atoms with Gasteiger partial charge in [0.15, 0.2) is 0 Å². The van der Waals surface area contributed by atoms with Gasteiger partial charge in [-0.2, -0.15) is 0 Å². The van der Waals surface area contributed by atoms with Crippen molar-refractivity contribution in [1.29, 1.82) is 0 Å². The van der Waals surface area contributed by atoms with Crippen LogP contribution >= 0.6 is 11.3 Å². The lowest BCUT2D eigenvalue weighted by Crippen LogP contribution is -2.46. The summed E-state index contributed by atoms with van der Waals surface area (Å²) in [6.07, 6.45) is 3.48. The maximum absolute atomic E-state index is 12.7. The molecule has 1 fully saturated rings. The quantitative estimate of drug-likeness (QED) is 0.836. The van der Waals surface area contributed by atoms with Gasteiger partial charge < -0.3 is 10.2 Å². The standard InChI is InChI=1S/C20H22N2O2S/c1-15(13-17-9-6-12-25-17)20(24)22-11-5-10-18(22)19(23)21-14-16-7-3-2-4-8-16/h2-4,6-9,12-13,18H,5,10-11,14H2,1H3,(H,21,23)/b15-13+/t18-/m0/s1. The maximum atomic E-state index is 12.7. The third-order valence-corrected chi connectivity index (χ3v) is 5.18. The van der Waals surface area contributed by atoms with Crippen LogP contribution in [0.1, 0.15) is 30.2 Å². The van der Waals surface area contributed by atoms with E-state index in [2.05, 4.69) is 5.32 Å². The third kappa shape index (κ3) is 4.37. The first-order valence-corrected chi connectivity index (χ1v) is 9.37. The fourth-order valence-electron chi connectivity index (χ4n) is 3.06. The fraction of sp³-hybridized carbons (Fsp3) is 0.300. The van der Waals surface area contributed by atoms with Gasteiger partial charge in [0.2, 0.25) is 11.8 Å². The molecule has 0 spiro atoms. The van der Waals surface area contributed by atoms with Crippen molar-refractivity contribution < 1.29 is 9.59 Å². The molecule has 2 aromatic rings. The molecule has 0 unspecified atom stereocenters. The summed E-state index contributed by atoms with van der Waals surface area (Å²) < 4.78 is 0. The number of rotatable bonds is 5. The average Bonchev–Trinajstić information content (AvgIpc) is 3.31. The van der Waals surface area contributed by atoms with Crippen LogP contribution in [0.3, 0.4) is 0 Å². The van der Waals surface area contributed by atoms with Crippen LogP contribution in [0.15, 0.2) is 53.4 Å². The first-order valence-electron chi connectivity index (χ1n) is 8.49. The van der Waals surface area contributed by atoms with Gasteiger partial charge in [0, 0.05) is 23.5 Å². The minimum atomic E-state index is -0.372. The number of hydrogen-bond donors (Lipinski definition) is 1. The van der Waals surface area contributed by atoms with Gasteiger partial charge in [0.25, 0.3) is 0 Å². The predicted octanol–water partition coefficient (Wildman–Crippen LogP) is 3.46. The van der Waals surface area contributed by atoms with Crippen molar-refractivity contribution in [2.24, 2.45) is 0 Å². The first-order chi connectivity index (χ1) is 12.1. The van der Waals surface area contributed by atoms with Crippen molar-refractivity contribution >= 4 is 29.2 Å². The molecule has 1 aliphatic heterocycles. The van der Waals surface area contributed by atoms with Crippen molar-refractivity contribution in [3.8, 4) is 0 Å². The van der Waals surface area contributed by atoms with E-state index >= 15 is 0 Å². The molecule has 0 aliphatic carbocycles. The molecular weight excluding hydrogens is 332 g/mol. The lowest BCUT2D eigenvalue weighted by Gasteiger charge is -2.24. The zero-order chi connectivity index (χ0) is 17.6. The van der Waals surface area contributed by atoms with Crippen molar-refractivity contribution in [3.63, 3.8) is 0 Å². The number of nitrogens with zero attached hydrogens (tertiary/aromatic N) is 1. The number of hydrogen-bond acceptors (Lipinski definition) is 3. The molecule has 130 valence electrons. The summed E-state index contributed by atoms with van der Waals surface area (Å²) in [7, 11) is 0. The molecule has 1 N–H and O–H groups in total. The van der Waals surface area contributed by atoms with Crippen molar-refractivity contribution in [1.82, 2.24) is 10.2 Å². The number of thiophene rings is 1. The second-order valence-corrected chi connectivity index (χ2v) is 7.18. The molecule has 1 aromatic carbocycles. The number of nitrogens with one attached hydrogen (secondary N) is 1. The van der Waals surface area contributed by atoms with Crippen molar-refractivity contribution in [2.75, 3.05) is 6.54 Å². The van der Waals surface area contributed by atoms with E-state index in [0.717, 1.165) is 23.3 Å². The Hall–Kier alpha value is -2.40. The predicted molar refractivity (Wildman–Crippen MR) is 101 cm³/mol. The van der Waals surface area contributed by atoms with Gasteiger partial charge in [0.1, 0.15) is 6.04 Å². The van der Waals surface area contributed by atoms with Gasteiger partial charge in [-0.1, -0.05) is 36.4 Å². The molecule has 4 nitrogen and oxygen atoms in total. The summed E-state index contributed by atoms with van der Waals surface area (Å²) in [5.41, 5.74) is 1.73. The highest BCUT2D eigenvalue weighted by Gasteiger charge is 2.34. The van der Waals surface area contributed by atoms with Gasteiger partial charge in [-0.3, -0.25) is 9.59 Å². The number of carbonyl (C=O) groups excluding carboxylic acids is 2. The van der Waals surface area contributed by atoms with E-state index in [-0.39, 0.29) is 17.9 Å². The molecule has 5 heteroatoms. The smallest absolute Gasteiger partial charge is 0.250 e. The minimum Gasteiger partial charge on any atom is -0.350 e. The van der Waals surface area contributed by atoms with Gasteiger partial charge in [0.05, 0.1) is 0 Å². The first kappa shape index (κ1) is 17.4. The fourth-order valence-corrected chi connectivity index (χ4v) is 3.78. The topological polar surface area (TPSA) is 49.4 Å². The Morgan fingerprint density at radius 1 is 1.24 bits per heavy atom. The van der Waals surface area contributed by atoms with E-state index < -0.39 is 0 Å². The van der Waals surface area contributed by atoms with E-state index in [4.69, 9.17) is 0 Å². The van der Waals surface area contributed by atoms with Crippen LogP contribution in [0.4, 0.5) is 0 Å². The summed E-state index contributed by atoms with van der Waals surface area (Å²) in [6.45, 7) is 2.94. The highest BCUT2D eigenvalue weighted by Crippen LogP contribution is 2.22. The second-order valence-electron chi connectivity index (χ2n) is 6.20. The van der Waals surface area contributed by atoms with Crippen LogP contribution in [0.25, 0.3) is 6.08 Å². The Labute approximate surface area is 152 Å². The highest BCUT2D eigenvalue weighted by molar-refractivity contribution is 7.10. The van der Waals surface area contributed by atoms with Crippen LogP contribution in [0.5, 0.6) is 0 Å². The van der Waals surface area contributed by atoms with Gasteiger partial charge in [-0.15, -0.1) is 11.3 Å². The monoisotopic (exact) mass is 354 g/mol. The summed E-state index contributed by atoms with van der Waals surface area (Å²) in [5, 5.41) is 4.95. The van der Waals surface area contributed by atoms with Crippen LogP contribution in [-0.2, 0) is 16.1 Å². The molecule has 1 aliphatic rings. The van der Waals surface area contributed by atoms with E-state index in [0.29, 0.717) is 18.7 Å². The number of amides is 2. The summed E-state index contributed by atoms with van der Waals surface area (Å²) >= 11 is 1.60. The molecule has 2 heterocycles. The van der Waals surface area contributed by atoms with E-state index in [1.54, 1.807) is 16.2 Å². The largest absolute Gasteiger partial charge is 0.350 e. The molecule has 0 bridgehead atoms. The van der Waals surface area contributed by atoms with Crippen LogP contribution < -0.4 is 5.32 Å². The number of carbonyl (C=O) groups is 2. The molecule has 2 amide bonds. The zero-order valence-electron chi connectivity index (χ0n) is 14.3. The Balaban J connectivity index is 1.63. The second kappa shape index (κ2) is 8.12. The van der Waals surface area contributed by atoms with Crippen LogP contribution in [0, 0.1) is 0 Å². The third-order valence-electron chi connectivity index (χ3n) is 4.37. The Morgan fingerprint density at radius 2 is 2.04 bits per heavy atom. The lowest BCUT2D eigenvalue weighted by atomic mass is 10.1.